The number of esters is 3. The van der Waals surface area contributed by atoms with Crippen molar-refractivity contribution in [2.45, 2.75) is 83.1 Å². The van der Waals surface area contributed by atoms with E-state index in [0.29, 0.717) is 18.4 Å². The van der Waals surface area contributed by atoms with Crippen LogP contribution in [0.1, 0.15) is 47.5 Å². The topological polar surface area (TPSA) is 112 Å². The van der Waals surface area contributed by atoms with Crippen LogP contribution in [-0.2, 0) is 33.3 Å². The second-order valence-corrected chi connectivity index (χ2v) is 8.35. The highest BCUT2D eigenvalue weighted by molar-refractivity contribution is 5.94. The van der Waals surface area contributed by atoms with Crippen LogP contribution in [0.3, 0.4) is 0 Å². The summed E-state index contributed by atoms with van der Waals surface area (Å²) in [6, 6.07) is 0. The van der Waals surface area contributed by atoms with Gasteiger partial charge in [0.1, 0.15) is 0 Å². The number of hydrogen-bond donors (Lipinski definition) is 1. The molecular formula is C22H28O8. The fourth-order valence-electron chi connectivity index (χ4n) is 3.83. The molecule has 0 aromatic heterocycles. The molecule has 8 nitrogen and oxygen atoms in total. The molecule has 164 valence electrons. The number of carbonyl (C=O) groups is 3. The maximum Gasteiger partial charge on any atom is 0.341 e. The lowest BCUT2D eigenvalue weighted by Gasteiger charge is -2.39. The highest BCUT2D eigenvalue weighted by atomic mass is 16.7. The van der Waals surface area contributed by atoms with Gasteiger partial charge in [-0.1, -0.05) is 18.2 Å². The predicted octanol–water partition coefficient (Wildman–Crippen LogP) is 1.91. The Labute approximate surface area is 175 Å². The van der Waals surface area contributed by atoms with Crippen molar-refractivity contribution in [2.75, 3.05) is 0 Å². The summed E-state index contributed by atoms with van der Waals surface area (Å²) in [6.07, 6.45) is 0.621. The Kier molecular flexibility index (Phi) is 5.68. The third-order valence-corrected chi connectivity index (χ3v) is 6.07. The van der Waals surface area contributed by atoms with Crippen LogP contribution in [0.15, 0.2) is 35.5 Å². The number of ether oxygens (including phenoxy) is 4. The summed E-state index contributed by atoms with van der Waals surface area (Å²) in [5, 5.41) is 11.7. The van der Waals surface area contributed by atoms with Crippen molar-refractivity contribution in [3.63, 3.8) is 0 Å². The molecule has 0 aromatic carbocycles. The zero-order chi connectivity index (χ0) is 22.4. The zero-order valence-corrected chi connectivity index (χ0v) is 17.9. The number of carbonyl (C=O) groups excluding carboxylic acids is 3. The summed E-state index contributed by atoms with van der Waals surface area (Å²) >= 11 is 0. The molecule has 30 heavy (non-hydrogen) atoms. The molecule has 1 aliphatic carbocycles. The van der Waals surface area contributed by atoms with Gasteiger partial charge in [0.05, 0.1) is 11.7 Å². The van der Waals surface area contributed by atoms with Crippen molar-refractivity contribution in [2.24, 2.45) is 0 Å². The van der Waals surface area contributed by atoms with Crippen LogP contribution in [0.25, 0.3) is 0 Å². The highest BCUT2D eigenvalue weighted by Crippen LogP contribution is 2.43. The van der Waals surface area contributed by atoms with Crippen molar-refractivity contribution in [1.82, 2.24) is 0 Å². The Morgan fingerprint density at radius 2 is 1.93 bits per heavy atom. The molecule has 3 aliphatic rings. The number of aliphatic hydroxyl groups is 1. The smallest absolute Gasteiger partial charge is 0.341 e. The van der Waals surface area contributed by atoms with E-state index in [4.69, 9.17) is 18.9 Å². The van der Waals surface area contributed by atoms with Crippen molar-refractivity contribution in [1.29, 1.82) is 0 Å². The minimum atomic E-state index is -2.13. The van der Waals surface area contributed by atoms with E-state index in [2.05, 4.69) is 6.58 Å². The second-order valence-electron chi connectivity index (χ2n) is 8.35. The largest absolute Gasteiger partial charge is 0.454 e. The van der Waals surface area contributed by atoms with Gasteiger partial charge >= 0.3 is 17.9 Å². The van der Waals surface area contributed by atoms with Crippen LogP contribution >= 0.6 is 0 Å². The van der Waals surface area contributed by atoms with Crippen molar-refractivity contribution in [3.8, 4) is 0 Å². The molecule has 0 radical (unpaired) electrons. The number of epoxide rings is 1. The first-order chi connectivity index (χ1) is 13.9. The van der Waals surface area contributed by atoms with Crippen LogP contribution < -0.4 is 0 Å². The van der Waals surface area contributed by atoms with E-state index in [0.717, 1.165) is 5.57 Å². The van der Waals surface area contributed by atoms with Gasteiger partial charge in [0, 0.05) is 6.92 Å². The fourth-order valence-corrected chi connectivity index (χ4v) is 3.83. The normalized spacial score (nSPS) is 42.1. The van der Waals surface area contributed by atoms with Gasteiger partial charge < -0.3 is 24.1 Å². The van der Waals surface area contributed by atoms with E-state index in [-0.39, 0.29) is 11.7 Å². The summed E-state index contributed by atoms with van der Waals surface area (Å²) in [5.74, 6) is -2.17. The van der Waals surface area contributed by atoms with Crippen LogP contribution in [0.5, 0.6) is 0 Å². The Bertz CT molecular complexity index is 855. The standard InChI is InChI=1S/C22H28O8/c1-11-8-7-9-12(2)17(27-15(5)23)18(29-20(25)21(6)14(4)30-21)22(26)13(3)19(24)28-16(22)10-11/h9-10,14,16-18,26H,3,7-8H2,1-2,4-6H3/b11-10-,12-9-. The molecule has 2 fully saturated rings. The summed E-state index contributed by atoms with van der Waals surface area (Å²) < 4.78 is 21.9. The van der Waals surface area contributed by atoms with Gasteiger partial charge in [-0.25, -0.2) is 9.59 Å². The van der Waals surface area contributed by atoms with Gasteiger partial charge in [-0.2, -0.15) is 0 Å². The SMILES string of the molecule is C=C1C(=O)OC2/C=C(/C)CC/C=C(/C)C(OC(C)=O)C(OC(=O)C3(C)OC3C)C12O. The monoisotopic (exact) mass is 420 g/mol. The van der Waals surface area contributed by atoms with Crippen LogP contribution in [0.4, 0.5) is 0 Å². The Hall–Kier alpha value is -2.45. The average molecular weight is 420 g/mol. The fraction of sp³-hybridized carbons (Fsp3) is 0.591. The Balaban J connectivity index is 2.13. The van der Waals surface area contributed by atoms with Gasteiger partial charge in [-0.15, -0.1) is 0 Å². The van der Waals surface area contributed by atoms with E-state index in [1.807, 2.05) is 13.0 Å². The summed E-state index contributed by atoms with van der Waals surface area (Å²) in [5.41, 5.74) is -2.13. The van der Waals surface area contributed by atoms with E-state index >= 15 is 0 Å². The van der Waals surface area contributed by atoms with Crippen molar-refractivity contribution < 1.29 is 38.4 Å². The predicted molar refractivity (Wildman–Crippen MR) is 105 cm³/mol. The first-order valence-corrected chi connectivity index (χ1v) is 9.94. The first kappa shape index (κ1) is 22.2. The quantitative estimate of drug-likeness (QED) is 0.242. The maximum absolute atomic E-state index is 12.9. The first-order valence-electron chi connectivity index (χ1n) is 9.94. The second kappa shape index (κ2) is 7.67. The third kappa shape index (κ3) is 3.70. The third-order valence-electron chi connectivity index (χ3n) is 6.07. The zero-order valence-electron chi connectivity index (χ0n) is 17.9. The summed E-state index contributed by atoms with van der Waals surface area (Å²) in [7, 11) is 0. The molecule has 0 bridgehead atoms. The van der Waals surface area contributed by atoms with Gasteiger partial charge in [0.25, 0.3) is 0 Å². The lowest BCUT2D eigenvalue weighted by Crippen LogP contribution is -2.58. The molecule has 3 rings (SSSR count). The molecule has 2 aliphatic heterocycles. The summed E-state index contributed by atoms with van der Waals surface area (Å²) in [6.45, 7) is 11.8. The number of allylic oxidation sites excluding steroid dienone is 2. The highest BCUT2D eigenvalue weighted by Gasteiger charge is 2.64. The molecule has 6 unspecified atom stereocenters. The number of hydrogen-bond acceptors (Lipinski definition) is 8. The molecule has 6 atom stereocenters. The number of fused-ring (bicyclic) bond motifs is 1. The summed E-state index contributed by atoms with van der Waals surface area (Å²) in [4.78, 5) is 37.1. The molecule has 0 amide bonds. The minimum absolute atomic E-state index is 0.269. The Morgan fingerprint density at radius 1 is 1.30 bits per heavy atom. The van der Waals surface area contributed by atoms with E-state index in [9.17, 15) is 19.5 Å². The molecule has 0 spiro atoms. The maximum atomic E-state index is 12.9. The minimum Gasteiger partial charge on any atom is -0.454 e. The molecule has 1 N–H and O–H groups in total. The molecule has 2 saturated heterocycles. The average Bonchev–Trinajstić information content (AvgIpc) is 3.22. The van der Waals surface area contributed by atoms with Crippen LogP contribution in [0, 0.1) is 0 Å². The van der Waals surface area contributed by atoms with E-state index in [1.165, 1.54) is 6.92 Å². The molecule has 8 heteroatoms. The lowest BCUT2D eigenvalue weighted by atomic mass is 9.79. The van der Waals surface area contributed by atoms with Crippen LogP contribution in [-0.4, -0.2) is 58.6 Å². The Morgan fingerprint density at radius 3 is 2.50 bits per heavy atom. The van der Waals surface area contributed by atoms with Gasteiger partial charge in [0.2, 0.25) is 0 Å². The van der Waals surface area contributed by atoms with Gasteiger partial charge in [-0.3, -0.25) is 4.79 Å². The van der Waals surface area contributed by atoms with Crippen LogP contribution in [0.2, 0.25) is 0 Å². The van der Waals surface area contributed by atoms with E-state index in [1.54, 1.807) is 26.8 Å². The number of rotatable bonds is 3. The molecule has 0 aromatic rings. The van der Waals surface area contributed by atoms with Gasteiger partial charge in [-0.05, 0) is 52.2 Å². The van der Waals surface area contributed by atoms with E-state index < -0.39 is 47.4 Å². The molecular weight excluding hydrogens is 392 g/mol. The lowest BCUT2D eigenvalue weighted by molar-refractivity contribution is -0.190. The molecule has 0 saturated carbocycles. The van der Waals surface area contributed by atoms with Crippen molar-refractivity contribution in [3.05, 3.63) is 35.5 Å². The van der Waals surface area contributed by atoms with Crippen molar-refractivity contribution >= 4 is 17.9 Å². The molecule has 2 heterocycles. The van der Waals surface area contributed by atoms with Gasteiger partial charge in [0.15, 0.2) is 29.5 Å².